The number of rotatable bonds is 4. The maximum absolute atomic E-state index is 12.7. The first-order chi connectivity index (χ1) is 12.6. The summed E-state index contributed by atoms with van der Waals surface area (Å²) in [5.74, 6) is 0.922. The highest BCUT2D eigenvalue weighted by Gasteiger charge is 2.24. The molecular weight excluding hydrogens is 334 g/mol. The Labute approximate surface area is 151 Å². The second-order valence-corrected chi connectivity index (χ2v) is 5.92. The van der Waals surface area contributed by atoms with E-state index in [2.05, 4.69) is 15.3 Å². The summed E-state index contributed by atoms with van der Waals surface area (Å²) in [6.07, 6.45) is 1.55. The van der Waals surface area contributed by atoms with Gasteiger partial charge in [-0.1, -0.05) is 6.07 Å². The van der Waals surface area contributed by atoms with E-state index in [4.69, 9.17) is 4.74 Å². The lowest BCUT2D eigenvalue weighted by atomic mass is 10.2. The zero-order valence-corrected chi connectivity index (χ0v) is 14.8. The molecule has 3 rings (SSSR count). The lowest BCUT2D eigenvalue weighted by Crippen LogP contribution is -2.50. The molecule has 1 fully saturated rings. The highest BCUT2D eigenvalue weighted by molar-refractivity contribution is 5.92. The molecule has 0 atom stereocenters. The van der Waals surface area contributed by atoms with Gasteiger partial charge in [-0.05, 0) is 18.2 Å². The van der Waals surface area contributed by atoms with Crippen molar-refractivity contribution in [2.24, 2.45) is 0 Å². The minimum Gasteiger partial charge on any atom is -0.497 e. The van der Waals surface area contributed by atoms with Gasteiger partial charge in [0.1, 0.15) is 11.4 Å². The third-order valence-corrected chi connectivity index (χ3v) is 4.21. The van der Waals surface area contributed by atoms with Gasteiger partial charge in [0.15, 0.2) is 0 Å². The summed E-state index contributed by atoms with van der Waals surface area (Å²) in [4.78, 5) is 36.0. The number of ether oxygens (including phenoxy) is 1. The molecule has 0 radical (unpaired) electrons. The smallest absolute Gasteiger partial charge is 0.272 e. The van der Waals surface area contributed by atoms with Crippen LogP contribution < -0.4 is 10.1 Å². The van der Waals surface area contributed by atoms with Crippen molar-refractivity contribution in [3.05, 3.63) is 42.2 Å². The number of piperazine rings is 1. The quantitative estimate of drug-likeness (QED) is 0.895. The van der Waals surface area contributed by atoms with Crippen LogP contribution in [0, 0.1) is 0 Å². The van der Waals surface area contributed by atoms with E-state index in [1.165, 1.54) is 0 Å². The number of nitrogens with one attached hydrogen (secondary N) is 1. The third kappa shape index (κ3) is 4.08. The molecule has 8 nitrogen and oxygen atoms in total. The molecule has 2 aromatic rings. The molecular formula is C18H21N5O3. The molecule has 1 saturated heterocycles. The van der Waals surface area contributed by atoms with Crippen LogP contribution in [0.25, 0.3) is 0 Å². The van der Waals surface area contributed by atoms with Gasteiger partial charge in [0.05, 0.1) is 7.11 Å². The fourth-order valence-corrected chi connectivity index (χ4v) is 2.75. The van der Waals surface area contributed by atoms with Crippen molar-refractivity contribution in [3.63, 3.8) is 0 Å². The number of aromatic nitrogens is 2. The standard InChI is InChI=1S/C18H21N5O3/c1-13(24)22-8-10-23(11-9-22)17(25)16-6-7-19-18(21-16)20-14-4-3-5-15(12-14)26-2/h3-7,12H,8-11H2,1-2H3,(H,19,20,21). The maximum atomic E-state index is 12.7. The van der Waals surface area contributed by atoms with Crippen molar-refractivity contribution >= 4 is 23.5 Å². The van der Waals surface area contributed by atoms with Crippen LogP contribution in [0.1, 0.15) is 17.4 Å². The Kier molecular flexibility index (Phi) is 5.31. The van der Waals surface area contributed by atoms with Crippen LogP contribution in [0.5, 0.6) is 5.75 Å². The first-order valence-electron chi connectivity index (χ1n) is 8.36. The zero-order chi connectivity index (χ0) is 18.5. The second-order valence-electron chi connectivity index (χ2n) is 5.92. The highest BCUT2D eigenvalue weighted by Crippen LogP contribution is 2.19. The first-order valence-corrected chi connectivity index (χ1v) is 8.36. The molecule has 0 spiro atoms. The van der Waals surface area contributed by atoms with Crippen molar-refractivity contribution < 1.29 is 14.3 Å². The van der Waals surface area contributed by atoms with Gasteiger partial charge < -0.3 is 19.9 Å². The van der Waals surface area contributed by atoms with Crippen LogP contribution in [-0.2, 0) is 4.79 Å². The minimum absolute atomic E-state index is 0.0314. The van der Waals surface area contributed by atoms with Crippen molar-refractivity contribution in [3.8, 4) is 5.75 Å². The van der Waals surface area contributed by atoms with Gasteiger partial charge in [-0.2, -0.15) is 0 Å². The largest absolute Gasteiger partial charge is 0.497 e. The Morgan fingerprint density at radius 1 is 1.12 bits per heavy atom. The molecule has 1 aromatic heterocycles. The van der Waals surface area contributed by atoms with Gasteiger partial charge in [-0.25, -0.2) is 9.97 Å². The molecule has 1 aliphatic rings. The highest BCUT2D eigenvalue weighted by atomic mass is 16.5. The summed E-state index contributed by atoms with van der Waals surface area (Å²) in [5, 5.41) is 3.07. The minimum atomic E-state index is -0.163. The van der Waals surface area contributed by atoms with Gasteiger partial charge in [-0.15, -0.1) is 0 Å². The summed E-state index contributed by atoms with van der Waals surface area (Å²) in [7, 11) is 1.60. The summed E-state index contributed by atoms with van der Waals surface area (Å²) >= 11 is 0. The number of amides is 2. The molecule has 26 heavy (non-hydrogen) atoms. The Hall–Kier alpha value is -3.16. The Balaban J connectivity index is 1.69. The Morgan fingerprint density at radius 2 is 1.85 bits per heavy atom. The van der Waals surface area contributed by atoms with Crippen molar-refractivity contribution in [2.45, 2.75) is 6.92 Å². The fraction of sp³-hybridized carbons (Fsp3) is 0.333. The molecule has 8 heteroatoms. The van der Waals surface area contributed by atoms with Crippen LogP contribution in [0.2, 0.25) is 0 Å². The summed E-state index contributed by atoms with van der Waals surface area (Å²) in [6.45, 7) is 3.63. The lowest BCUT2D eigenvalue weighted by molar-refractivity contribution is -0.130. The molecule has 1 N–H and O–H groups in total. The topological polar surface area (TPSA) is 87.7 Å². The molecule has 2 heterocycles. The van der Waals surface area contributed by atoms with Crippen molar-refractivity contribution in [1.29, 1.82) is 0 Å². The maximum Gasteiger partial charge on any atom is 0.272 e. The predicted molar refractivity (Wildman–Crippen MR) is 96.5 cm³/mol. The number of benzene rings is 1. The number of nitrogens with zero attached hydrogens (tertiary/aromatic N) is 4. The number of methoxy groups -OCH3 is 1. The van der Waals surface area contributed by atoms with Gasteiger partial charge in [-0.3, -0.25) is 9.59 Å². The van der Waals surface area contributed by atoms with Crippen LogP contribution in [0.15, 0.2) is 36.5 Å². The summed E-state index contributed by atoms with van der Waals surface area (Å²) in [5.41, 5.74) is 1.09. The van der Waals surface area contributed by atoms with Gasteiger partial charge in [0.2, 0.25) is 11.9 Å². The van der Waals surface area contributed by atoms with Crippen LogP contribution in [-0.4, -0.2) is 64.9 Å². The van der Waals surface area contributed by atoms with Gasteiger partial charge >= 0.3 is 0 Å². The van der Waals surface area contributed by atoms with E-state index in [1.54, 1.807) is 36.1 Å². The average molecular weight is 355 g/mol. The SMILES string of the molecule is COc1cccc(Nc2nccc(C(=O)N3CCN(C(C)=O)CC3)n2)c1. The van der Waals surface area contributed by atoms with Gasteiger partial charge in [0.25, 0.3) is 5.91 Å². The van der Waals surface area contributed by atoms with E-state index < -0.39 is 0 Å². The van der Waals surface area contributed by atoms with Crippen molar-refractivity contribution in [1.82, 2.24) is 19.8 Å². The molecule has 1 aliphatic heterocycles. The lowest BCUT2D eigenvalue weighted by Gasteiger charge is -2.34. The molecule has 0 saturated carbocycles. The number of carbonyl (C=O) groups excluding carboxylic acids is 2. The number of carbonyl (C=O) groups is 2. The van der Waals surface area contributed by atoms with Crippen molar-refractivity contribution in [2.75, 3.05) is 38.6 Å². The van der Waals surface area contributed by atoms with Gasteiger partial charge in [0, 0.05) is 51.1 Å². The summed E-state index contributed by atoms with van der Waals surface area (Å²) < 4.78 is 5.19. The van der Waals surface area contributed by atoms with E-state index >= 15 is 0 Å². The molecule has 1 aromatic carbocycles. The summed E-state index contributed by atoms with van der Waals surface area (Å²) in [6, 6.07) is 8.97. The predicted octanol–water partition coefficient (Wildman–Crippen LogP) is 1.53. The normalized spacial score (nSPS) is 14.1. The number of hydrogen-bond acceptors (Lipinski definition) is 6. The first kappa shape index (κ1) is 17.7. The third-order valence-electron chi connectivity index (χ3n) is 4.21. The van der Waals surface area contributed by atoms with Crippen LogP contribution >= 0.6 is 0 Å². The van der Waals surface area contributed by atoms with E-state index in [0.29, 0.717) is 43.6 Å². The zero-order valence-electron chi connectivity index (χ0n) is 14.8. The molecule has 0 unspecified atom stereocenters. The molecule has 2 amide bonds. The fourth-order valence-electron chi connectivity index (χ4n) is 2.75. The van der Waals surface area contributed by atoms with E-state index in [1.807, 2.05) is 24.3 Å². The Morgan fingerprint density at radius 3 is 2.54 bits per heavy atom. The number of hydrogen-bond donors (Lipinski definition) is 1. The van der Waals surface area contributed by atoms with E-state index in [9.17, 15) is 9.59 Å². The second kappa shape index (κ2) is 7.81. The van der Waals surface area contributed by atoms with E-state index in [0.717, 1.165) is 5.69 Å². The van der Waals surface area contributed by atoms with Crippen LogP contribution in [0.3, 0.4) is 0 Å². The molecule has 0 aliphatic carbocycles. The molecule has 136 valence electrons. The van der Waals surface area contributed by atoms with Crippen LogP contribution in [0.4, 0.5) is 11.6 Å². The van der Waals surface area contributed by atoms with E-state index in [-0.39, 0.29) is 11.8 Å². The average Bonchev–Trinajstić information content (AvgIpc) is 2.68. The molecule has 0 bridgehead atoms. The Bertz CT molecular complexity index is 803. The monoisotopic (exact) mass is 355 g/mol. The number of anilines is 2.